The molecule has 0 unspecified atom stereocenters. The zero-order chi connectivity index (χ0) is 15.7. The van der Waals surface area contributed by atoms with Crippen LogP contribution in [0.25, 0.3) is 0 Å². The first-order valence-electron chi connectivity index (χ1n) is 6.37. The Labute approximate surface area is 139 Å². The Balaban J connectivity index is 2.23. The maximum Gasteiger partial charge on any atom is 0.248 e. The molecule has 21 heavy (non-hydrogen) atoms. The molecule has 4 nitrogen and oxygen atoms in total. The van der Waals surface area contributed by atoms with Crippen LogP contribution in [0.4, 0.5) is 0 Å². The molecule has 0 fully saturated rings. The van der Waals surface area contributed by atoms with E-state index in [0.717, 1.165) is 23.4 Å². The first-order valence-corrected chi connectivity index (χ1v) is 11.0. The molecular formula is C13H19ClNO3PS2. The van der Waals surface area contributed by atoms with Crippen LogP contribution in [-0.2, 0) is 32.1 Å². The van der Waals surface area contributed by atoms with Crippen LogP contribution >= 0.6 is 28.7 Å². The zero-order valence-corrected chi connectivity index (χ0v) is 15.3. The third kappa shape index (κ3) is 7.13. The summed E-state index contributed by atoms with van der Waals surface area (Å²) in [7, 11) is 3.03. The number of hydrogen-bond donors (Lipinski definition) is 1. The van der Waals surface area contributed by atoms with E-state index < -0.39 is 5.69 Å². The Morgan fingerprint density at radius 3 is 2.67 bits per heavy atom. The number of carbonyl (C=O) groups excluding carboxylic acids is 1. The largest absolute Gasteiger partial charge is 0.347 e. The summed E-state index contributed by atoms with van der Waals surface area (Å²) in [4.78, 5) is 11.7. The van der Waals surface area contributed by atoms with Gasteiger partial charge in [0.25, 0.3) is 0 Å². The fraction of sp³-hybridized carbons (Fsp3) is 0.462. The van der Waals surface area contributed by atoms with Crippen molar-refractivity contribution in [3.63, 3.8) is 0 Å². The molecule has 1 amide bonds. The Morgan fingerprint density at radius 2 is 2.05 bits per heavy atom. The molecule has 1 rings (SSSR count). The van der Waals surface area contributed by atoms with Crippen molar-refractivity contribution in [2.24, 2.45) is 0 Å². The average molecular weight is 368 g/mol. The van der Waals surface area contributed by atoms with Gasteiger partial charge in [-0.15, -0.1) is 0 Å². The molecule has 8 heteroatoms. The highest BCUT2D eigenvalue weighted by atomic mass is 35.5. The van der Waals surface area contributed by atoms with Gasteiger partial charge in [-0.3, -0.25) is 4.79 Å². The quantitative estimate of drug-likeness (QED) is 0.528. The minimum atomic E-state index is -2.30. The van der Waals surface area contributed by atoms with E-state index in [9.17, 15) is 4.79 Å². The highest BCUT2D eigenvalue weighted by Gasteiger charge is 2.16. The van der Waals surface area contributed by atoms with Crippen LogP contribution in [0.5, 0.6) is 0 Å². The summed E-state index contributed by atoms with van der Waals surface area (Å²) in [5.74, 6) is 0.382. The van der Waals surface area contributed by atoms with E-state index >= 15 is 0 Å². The van der Waals surface area contributed by atoms with Crippen molar-refractivity contribution in [2.45, 2.75) is 19.3 Å². The Hall–Kier alpha value is -0.100. The lowest BCUT2D eigenvalue weighted by Crippen LogP contribution is -2.22. The highest BCUT2D eigenvalue weighted by molar-refractivity contribution is 8.67. The van der Waals surface area contributed by atoms with Gasteiger partial charge in [0.05, 0.1) is 5.88 Å². The second kappa shape index (κ2) is 9.82. The average Bonchev–Trinajstić information content (AvgIpc) is 2.49. The van der Waals surface area contributed by atoms with Crippen molar-refractivity contribution >= 4 is 46.4 Å². The standard InChI is InChI=1S/C13H19ClNO3PS2/c1-17-19(20,18-2)21-10-15-13(16)9-5-7-11-6-3-4-8-12(11)14/h3-4,6,8H,5,7,9-10H2,1-2H3,(H,15,16). The third-order valence-electron chi connectivity index (χ3n) is 2.75. The number of aryl methyl sites for hydroxylation is 1. The molecule has 1 aromatic carbocycles. The minimum absolute atomic E-state index is 0.0108. The number of amides is 1. The van der Waals surface area contributed by atoms with Gasteiger partial charge in [0.15, 0.2) is 0 Å². The summed E-state index contributed by atoms with van der Waals surface area (Å²) >= 11 is 12.6. The van der Waals surface area contributed by atoms with Crippen LogP contribution in [0.15, 0.2) is 24.3 Å². The minimum Gasteiger partial charge on any atom is -0.347 e. The van der Waals surface area contributed by atoms with Crippen molar-refractivity contribution in [3.05, 3.63) is 34.9 Å². The number of hydrogen-bond acceptors (Lipinski definition) is 5. The molecule has 0 bridgehead atoms. The number of halogens is 1. The molecule has 0 spiro atoms. The Kier molecular flexibility index (Phi) is 8.86. The number of benzene rings is 1. The van der Waals surface area contributed by atoms with Gasteiger partial charge in [-0.25, -0.2) is 0 Å². The van der Waals surface area contributed by atoms with Crippen LogP contribution in [0.1, 0.15) is 18.4 Å². The molecule has 0 aromatic heterocycles. The number of carbonyl (C=O) groups is 1. The van der Waals surface area contributed by atoms with Crippen molar-refractivity contribution < 1.29 is 13.8 Å². The van der Waals surface area contributed by atoms with Gasteiger partial charge in [0, 0.05) is 25.7 Å². The lowest BCUT2D eigenvalue weighted by atomic mass is 10.1. The predicted molar refractivity (Wildman–Crippen MR) is 93.3 cm³/mol. The van der Waals surface area contributed by atoms with Crippen molar-refractivity contribution in [2.75, 3.05) is 20.1 Å². The van der Waals surface area contributed by atoms with Crippen LogP contribution in [0.3, 0.4) is 0 Å². The first kappa shape index (κ1) is 18.9. The van der Waals surface area contributed by atoms with E-state index in [-0.39, 0.29) is 5.91 Å². The monoisotopic (exact) mass is 367 g/mol. The second-order valence-electron chi connectivity index (χ2n) is 4.13. The van der Waals surface area contributed by atoms with Crippen LogP contribution in [-0.4, -0.2) is 26.0 Å². The van der Waals surface area contributed by atoms with Crippen LogP contribution < -0.4 is 5.32 Å². The SMILES string of the molecule is COP(=S)(OC)SCNC(=O)CCCc1ccccc1Cl. The van der Waals surface area contributed by atoms with Gasteiger partial charge < -0.3 is 14.4 Å². The lowest BCUT2D eigenvalue weighted by Gasteiger charge is -2.16. The second-order valence-corrected chi connectivity index (χ2v) is 11.1. The number of nitrogens with one attached hydrogen (secondary N) is 1. The molecule has 0 radical (unpaired) electrons. The summed E-state index contributed by atoms with van der Waals surface area (Å²) in [5, 5.41) is 3.54. The predicted octanol–water partition coefficient (Wildman–Crippen LogP) is 3.99. The summed E-state index contributed by atoms with van der Waals surface area (Å²) in [6.45, 7) is 0. The summed E-state index contributed by atoms with van der Waals surface area (Å²) in [5.41, 5.74) is -1.23. The molecule has 0 saturated heterocycles. The van der Waals surface area contributed by atoms with E-state index in [1.54, 1.807) is 0 Å². The van der Waals surface area contributed by atoms with E-state index in [2.05, 4.69) is 5.32 Å². The first-order chi connectivity index (χ1) is 10.0. The molecule has 0 heterocycles. The molecule has 0 aliphatic heterocycles. The number of rotatable bonds is 9. The maximum atomic E-state index is 11.7. The van der Waals surface area contributed by atoms with Gasteiger partial charge in [-0.1, -0.05) is 29.8 Å². The summed E-state index contributed by atoms with van der Waals surface area (Å²) < 4.78 is 10.2. The van der Waals surface area contributed by atoms with E-state index in [1.165, 1.54) is 25.6 Å². The molecule has 118 valence electrons. The van der Waals surface area contributed by atoms with Crippen molar-refractivity contribution in [1.82, 2.24) is 5.32 Å². The molecule has 1 aromatic rings. The third-order valence-corrected chi connectivity index (χ3v) is 8.67. The van der Waals surface area contributed by atoms with Gasteiger partial charge in [0.1, 0.15) is 0 Å². The van der Waals surface area contributed by atoms with E-state index in [4.69, 9.17) is 32.5 Å². The summed E-state index contributed by atoms with van der Waals surface area (Å²) in [6, 6.07) is 7.67. The molecule has 0 aliphatic rings. The fourth-order valence-electron chi connectivity index (χ4n) is 1.60. The molecule has 1 N–H and O–H groups in total. The molecule has 0 atom stereocenters. The molecular weight excluding hydrogens is 349 g/mol. The van der Waals surface area contributed by atoms with Crippen LogP contribution in [0.2, 0.25) is 5.02 Å². The zero-order valence-electron chi connectivity index (χ0n) is 12.0. The Bertz CT molecular complexity index is 508. The van der Waals surface area contributed by atoms with Crippen molar-refractivity contribution in [1.29, 1.82) is 0 Å². The molecule has 0 aliphatic carbocycles. The Morgan fingerprint density at radius 1 is 1.38 bits per heavy atom. The summed E-state index contributed by atoms with van der Waals surface area (Å²) in [6.07, 6.45) is 1.99. The van der Waals surface area contributed by atoms with Gasteiger partial charge in [-0.2, -0.15) is 0 Å². The van der Waals surface area contributed by atoms with Gasteiger partial charge >= 0.3 is 0 Å². The normalized spacial score (nSPS) is 11.4. The maximum absolute atomic E-state index is 11.7. The highest BCUT2D eigenvalue weighted by Crippen LogP contribution is 2.59. The van der Waals surface area contributed by atoms with E-state index in [1.807, 2.05) is 24.3 Å². The van der Waals surface area contributed by atoms with Gasteiger partial charge in [0.2, 0.25) is 11.6 Å². The topological polar surface area (TPSA) is 47.6 Å². The lowest BCUT2D eigenvalue weighted by molar-refractivity contribution is -0.120. The fourth-order valence-corrected chi connectivity index (χ4v) is 4.35. The van der Waals surface area contributed by atoms with Crippen LogP contribution in [0, 0.1) is 0 Å². The molecule has 0 saturated carbocycles. The smallest absolute Gasteiger partial charge is 0.248 e. The van der Waals surface area contributed by atoms with Gasteiger partial charge in [-0.05, 0) is 47.7 Å². The van der Waals surface area contributed by atoms with E-state index in [0.29, 0.717) is 12.3 Å². The van der Waals surface area contributed by atoms with Crippen molar-refractivity contribution in [3.8, 4) is 0 Å².